The van der Waals surface area contributed by atoms with Gasteiger partial charge in [-0.2, -0.15) is 0 Å². The predicted octanol–water partition coefficient (Wildman–Crippen LogP) is 2.91. The van der Waals surface area contributed by atoms with Crippen molar-refractivity contribution in [2.75, 3.05) is 44.8 Å². The molecule has 0 spiro atoms. The minimum absolute atomic E-state index is 0.223. The summed E-state index contributed by atoms with van der Waals surface area (Å²) in [4.78, 5) is 11.7. The van der Waals surface area contributed by atoms with Crippen LogP contribution in [0.2, 0.25) is 5.02 Å². The van der Waals surface area contributed by atoms with Gasteiger partial charge in [0.25, 0.3) is 5.88 Å². The Kier molecular flexibility index (Phi) is 11.8. The van der Waals surface area contributed by atoms with Crippen LogP contribution in [0.15, 0.2) is 43.1 Å². The molecule has 1 N–H and O–H groups in total. The normalized spacial score (nSPS) is 19.4. The van der Waals surface area contributed by atoms with Crippen LogP contribution in [0.3, 0.4) is 0 Å². The smallest absolute Gasteiger partial charge is 0.256 e. The summed E-state index contributed by atoms with van der Waals surface area (Å²) in [6, 6.07) is 6.38. The summed E-state index contributed by atoms with van der Waals surface area (Å²) < 4.78 is 26.5. The number of anilines is 2. The van der Waals surface area contributed by atoms with Crippen LogP contribution in [0.1, 0.15) is 45.1 Å². The highest BCUT2D eigenvalue weighted by molar-refractivity contribution is 6.58. The van der Waals surface area contributed by atoms with Crippen molar-refractivity contribution in [2.45, 2.75) is 69.1 Å². The largest absolute Gasteiger partial charge is 0.487 e. The Morgan fingerprint density at radius 1 is 1.04 bits per heavy atom. The second-order valence-corrected chi connectivity index (χ2v) is 12.8. The van der Waals surface area contributed by atoms with Crippen molar-refractivity contribution in [3.63, 3.8) is 0 Å². The van der Waals surface area contributed by atoms with Crippen LogP contribution in [0.25, 0.3) is 11.1 Å². The van der Waals surface area contributed by atoms with Crippen LogP contribution in [0.5, 0.6) is 11.6 Å². The third-order valence-corrected chi connectivity index (χ3v) is 8.82. The number of rotatable bonds is 15. The highest BCUT2D eigenvalue weighted by atomic mass is 35.5. The number of ether oxygens (including phenoxy) is 4. The van der Waals surface area contributed by atoms with Crippen LogP contribution in [-0.4, -0.2) is 125 Å². The van der Waals surface area contributed by atoms with Gasteiger partial charge in [0.2, 0.25) is 5.95 Å². The topological polar surface area (TPSA) is 139 Å². The SMILES string of the molecule is [B]C([B])([B])OCCCOc1nn(C2CCC(N3CCOCC3)CC2)cc1Nc1ncc(-c2ccc(Cl)c(O[C@@H](C)Cn3cnnn3)c2)cn1. The van der Waals surface area contributed by atoms with Crippen LogP contribution < -0.4 is 14.8 Å². The summed E-state index contributed by atoms with van der Waals surface area (Å²) in [7, 11) is 16.5. The van der Waals surface area contributed by atoms with E-state index >= 15 is 0 Å². The third kappa shape index (κ3) is 9.96. The standard InChI is InChI=1S/C31H38B3ClN10O4/c1-21(18-44-20-38-41-42-44)49-28-15-22(3-8-26(28)35)23-16-36-30(37-17-23)39-27-19-45(40-29(27)47-11-2-12-48-31(32,33)34)25-6-4-24(5-7-25)43-9-13-46-14-10-43/h3,8,15-17,19-21,24-25H,2,4-7,9-14,18H2,1H3,(H,36,37,39)/t21-,24?,25?/m0/s1. The lowest BCUT2D eigenvalue weighted by atomic mass is 9.52. The molecule has 2 fully saturated rings. The number of hydrogen-bond acceptors (Lipinski definition) is 12. The molecule has 1 aliphatic heterocycles. The first-order chi connectivity index (χ1) is 23.7. The highest BCUT2D eigenvalue weighted by Crippen LogP contribution is 2.35. The Bertz CT molecular complexity index is 1610. The number of aromatic nitrogens is 8. The maximum Gasteiger partial charge on any atom is 0.256 e. The van der Waals surface area contributed by atoms with E-state index in [9.17, 15) is 0 Å². The van der Waals surface area contributed by atoms with Crippen molar-refractivity contribution in [1.82, 2.24) is 44.9 Å². The Labute approximate surface area is 294 Å². The molecule has 6 rings (SSSR count). The quantitative estimate of drug-likeness (QED) is 0.146. The van der Waals surface area contributed by atoms with Gasteiger partial charge in [-0.05, 0) is 66.0 Å². The number of nitrogens with one attached hydrogen (secondary N) is 1. The molecule has 18 heteroatoms. The van der Waals surface area contributed by atoms with Crippen LogP contribution in [0.4, 0.5) is 11.6 Å². The van der Waals surface area contributed by atoms with E-state index in [1.165, 1.54) is 6.33 Å². The zero-order valence-electron chi connectivity index (χ0n) is 27.5. The average Bonchev–Trinajstić information content (AvgIpc) is 3.76. The number of nitrogens with zero attached hydrogens (tertiary/aromatic N) is 9. The summed E-state index contributed by atoms with van der Waals surface area (Å²) in [5.74, 6) is 1.38. The van der Waals surface area contributed by atoms with Gasteiger partial charge < -0.3 is 24.3 Å². The van der Waals surface area contributed by atoms with Crippen molar-refractivity contribution in [3.8, 4) is 22.8 Å². The van der Waals surface area contributed by atoms with Crippen molar-refractivity contribution in [1.29, 1.82) is 0 Å². The molecule has 4 aromatic rings. The van der Waals surface area contributed by atoms with Crippen molar-refractivity contribution in [3.05, 3.63) is 48.1 Å². The molecule has 252 valence electrons. The molecule has 1 saturated heterocycles. The molecule has 14 nitrogen and oxygen atoms in total. The predicted molar refractivity (Wildman–Crippen MR) is 186 cm³/mol. The number of morpholine rings is 1. The highest BCUT2D eigenvalue weighted by Gasteiger charge is 2.29. The van der Waals surface area contributed by atoms with Gasteiger partial charge in [0.1, 0.15) is 23.9 Å². The van der Waals surface area contributed by atoms with Gasteiger partial charge in [0.05, 0.1) is 67.2 Å². The van der Waals surface area contributed by atoms with Crippen LogP contribution in [0, 0.1) is 0 Å². The molecule has 6 radical (unpaired) electrons. The fraction of sp³-hybridized carbons (Fsp3) is 0.548. The minimum Gasteiger partial charge on any atom is -0.487 e. The van der Waals surface area contributed by atoms with E-state index in [0.29, 0.717) is 53.9 Å². The van der Waals surface area contributed by atoms with E-state index in [4.69, 9.17) is 59.2 Å². The van der Waals surface area contributed by atoms with Gasteiger partial charge in [-0.25, -0.2) is 14.6 Å². The lowest BCUT2D eigenvalue weighted by Crippen LogP contribution is -2.45. The Hall–Kier alpha value is -3.66. The molecule has 3 aromatic heterocycles. The van der Waals surface area contributed by atoms with E-state index in [1.54, 1.807) is 23.1 Å². The number of benzene rings is 1. The van der Waals surface area contributed by atoms with E-state index in [0.717, 1.165) is 63.1 Å². The van der Waals surface area contributed by atoms with Gasteiger partial charge in [-0.1, -0.05) is 17.7 Å². The average molecular weight is 683 g/mol. The number of halogens is 1. The van der Waals surface area contributed by atoms with Crippen LogP contribution in [-0.2, 0) is 16.0 Å². The molecule has 0 unspecified atom stereocenters. The zero-order valence-corrected chi connectivity index (χ0v) is 28.3. The van der Waals surface area contributed by atoms with Gasteiger partial charge in [-0.15, -0.1) is 10.2 Å². The molecule has 1 atom stereocenters. The fourth-order valence-electron chi connectivity index (χ4n) is 6.08. The monoisotopic (exact) mass is 682 g/mol. The van der Waals surface area contributed by atoms with Crippen LogP contribution >= 0.6 is 11.6 Å². The second-order valence-electron chi connectivity index (χ2n) is 12.4. The first-order valence-corrected chi connectivity index (χ1v) is 16.9. The molecular formula is C31H38B3ClN10O4. The first-order valence-electron chi connectivity index (χ1n) is 16.5. The Morgan fingerprint density at radius 2 is 1.80 bits per heavy atom. The molecule has 1 aromatic carbocycles. The lowest BCUT2D eigenvalue weighted by molar-refractivity contribution is 0.00502. The summed E-state index contributed by atoms with van der Waals surface area (Å²) in [6.45, 7) is 6.57. The molecule has 0 bridgehead atoms. The first kappa shape index (κ1) is 35.2. The molecule has 4 heterocycles. The van der Waals surface area contributed by atoms with E-state index in [1.807, 2.05) is 29.9 Å². The van der Waals surface area contributed by atoms with E-state index < -0.39 is 5.30 Å². The minimum atomic E-state index is -1.69. The maximum atomic E-state index is 6.45. The van der Waals surface area contributed by atoms with Crippen molar-refractivity contribution in [2.24, 2.45) is 0 Å². The summed E-state index contributed by atoms with van der Waals surface area (Å²) in [5, 5.41) is 18.1. The van der Waals surface area contributed by atoms with E-state index in [-0.39, 0.29) is 18.8 Å². The lowest BCUT2D eigenvalue weighted by Gasteiger charge is -2.38. The summed E-state index contributed by atoms with van der Waals surface area (Å²) >= 11 is 6.45. The molecule has 1 aliphatic carbocycles. The van der Waals surface area contributed by atoms with Gasteiger partial charge in [0, 0.05) is 50.1 Å². The molecule has 2 aliphatic rings. The van der Waals surface area contributed by atoms with Gasteiger partial charge in [0.15, 0.2) is 0 Å². The van der Waals surface area contributed by atoms with E-state index in [2.05, 4.69) is 35.7 Å². The molecule has 0 amide bonds. The Balaban J connectivity index is 1.12. The summed E-state index contributed by atoms with van der Waals surface area (Å²) in [6.07, 6.45) is 11.5. The molecule has 49 heavy (non-hydrogen) atoms. The number of tetrazole rings is 1. The van der Waals surface area contributed by atoms with Crippen molar-refractivity contribution < 1.29 is 18.9 Å². The molecule has 1 saturated carbocycles. The maximum absolute atomic E-state index is 6.45. The number of hydrogen-bond donors (Lipinski definition) is 1. The Morgan fingerprint density at radius 3 is 2.51 bits per heavy atom. The fourth-order valence-corrected chi connectivity index (χ4v) is 6.24. The summed E-state index contributed by atoms with van der Waals surface area (Å²) in [5.41, 5.74) is 2.30. The molecular weight excluding hydrogens is 644 g/mol. The van der Waals surface area contributed by atoms with Gasteiger partial charge >= 0.3 is 0 Å². The van der Waals surface area contributed by atoms with Crippen molar-refractivity contribution >= 4 is 46.8 Å². The second kappa shape index (κ2) is 16.4. The van der Waals surface area contributed by atoms with Gasteiger partial charge in [-0.3, -0.25) is 9.58 Å². The zero-order chi connectivity index (χ0) is 34.2. The third-order valence-electron chi connectivity index (χ3n) is 8.51.